The molecule has 0 atom stereocenters. The Bertz CT molecular complexity index is 622. The number of aryl methyl sites for hydroxylation is 1. The summed E-state index contributed by atoms with van der Waals surface area (Å²) in [5.74, 6) is 0.918. The first-order valence-corrected chi connectivity index (χ1v) is 6.31. The molecule has 1 aromatic heterocycles. The first-order valence-electron chi connectivity index (χ1n) is 5.52. The molecule has 0 aliphatic rings. The second-order valence-corrected chi connectivity index (χ2v) is 4.69. The Labute approximate surface area is 119 Å². The van der Waals surface area contributed by atoms with Crippen molar-refractivity contribution >= 4 is 21.7 Å². The topological polar surface area (TPSA) is 53.3 Å². The van der Waals surface area contributed by atoms with Gasteiger partial charge in [0, 0.05) is 13.2 Å². The summed E-state index contributed by atoms with van der Waals surface area (Å²) in [5, 5.41) is 3.99. The Morgan fingerprint density at radius 3 is 2.58 bits per heavy atom. The quantitative estimate of drug-likeness (QED) is 0.810. The maximum atomic E-state index is 12.4. The van der Waals surface area contributed by atoms with Crippen LogP contribution in [0.15, 0.2) is 29.0 Å². The van der Waals surface area contributed by atoms with Gasteiger partial charge in [-0.05, 0) is 28.1 Å². The zero-order valence-corrected chi connectivity index (χ0v) is 12.4. The SMILES string of the molecule is COc1ccc(C(=O)c2cnn(C)c2)c(OC)c1Br. The molecule has 6 heteroatoms. The molecule has 1 heterocycles. The number of methoxy groups -OCH3 is 2. The highest BCUT2D eigenvalue weighted by Gasteiger charge is 2.20. The van der Waals surface area contributed by atoms with Crippen molar-refractivity contribution in [1.82, 2.24) is 9.78 Å². The molecule has 0 aliphatic carbocycles. The smallest absolute Gasteiger partial charge is 0.199 e. The van der Waals surface area contributed by atoms with Gasteiger partial charge in [0.25, 0.3) is 0 Å². The van der Waals surface area contributed by atoms with E-state index in [9.17, 15) is 4.79 Å². The van der Waals surface area contributed by atoms with Crippen LogP contribution < -0.4 is 9.47 Å². The van der Waals surface area contributed by atoms with Gasteiger partial charge in [0.1, 0.15) is 16.0 Å². The number of ketones is 1. The Balaban J connectivity index is 2.50. The summed E-state index contributed by atoms with van der Waals surface area (Å²) in [5.41, 5.74) is 0.973. The Morgan fingerprint density at radius 2 is 2.05 bits per heavy atom. The summed E-state index contributed by atoms with van der Waals surface area (Å²) < 4.78 is 12.7. The van der Waals surface area contributed by atoms with Crippen LogP contribution in [0, 0.1) is 0 Å². The molecule has 0 N–H and O–H groups in total. The van der Waals surface area contributed by atoms with Crippen molar-refractivity contribution in [2.24, 2.45) is 7.05 Å². The van der Waals surface area contributed by atoms with Crippen molar-refractivity contribution in [1.29, 1.82) is 0 Å². The lowest BCUT2D eigenvalue weighted by Crippen LogP contribution is -2.04. The molecule has 0 bridgehead atoms. The first kappa shape index (κ1) is 13.6. The highest BCUT2D eigenvalue weighted by Crippen LogP contribution is 2.37. The van der Waals surface area contributed by atoms with Gasteiger partial charge in [-0.15, -0.1) is 0 Å². The van der Waals surface area contributed by atoms with Gasteiger partial charge in [-0.3, -0.25) is 9.48 Å². The van der Waals surface area contributed by atoms with Crippen molar-refractivity contribution < 1.29 is 14.3 Å². The zero-order valence-electron chi connectivity index (χ0n) is 10.8. The average Bonchev–Trinajstić information content (AvgIpc) is 2.84. The fourth-order valence-electron chi connectivity index (χ4n) is 1.77. The predicted octanol–water partition coefficient (Wildman–Crippen LogP) is 2.43. The van der Waals surface area contributed by atoms with Crippen LogP contribution in [-0.2, 0) is 7.05 Å². The number of halogens is 1. The van der Waals surface area contributed by atoms with Crippen molar-refractivity contribution in [2.75, 3.05) is 14.2 Å². The minimum Gasteiger partial charge on any atom is -0.495 e. The summed E-state index contributed by atoms with van der Waals surface area (Å²) in [6.45, 7) is 0. The van der Waals surface area contributed by atoms with Gasteiger partial charge in [-0.2, -0.15) is 5.10 Å². The average molecular weight is 325 g/mol. The van der Waals surface area contributed by atoms with E-state index in [0.717, 1.165) is 0 Å². The third-order valence-corrected chi connectivity index (χ3v) is 3.45. The minimum atomic E-state index is -0.145. The third-order valence-electron chi connectivity index (χ3n) is 2.70. The maximum absolute atomic E-state index is 12.4. The molecule has 0 aliphatic heterocycles. The van der Waals surface area contributed by atoms with Crippen LogP contribution in [0.25, 0.3) is 0 Å². The molecular weight excluding hydrogens is 312 g/mol. The number of nitrogens with zero attached hydrogens (tertiary/aromatic N) is 2. The molecule has 0 unspecified atom stereocenters. The van der Waals surface area contributed by atoms with Crippen LogP contribution in [0.2, 0.25) is 0 Å². The van der Waals surface area contributed by atoms with Gasteiger partial charge in [-0.1, -0.05) is 0 Å². The normalized spacial score (nSPS) is 10.3. The molecule has 0 fully saturated rings. The first-order chi connectivity index (χ1) is 9.08. The molecule has 1 aromatic carbocycles. The van der Waals surface area contributed by atoms with Crippen LogP contribution in [0.3, 0.4) is 0 Å². The fraction of sp³-hybridized carbons (Fsp3) is 0.231. The second-order valence-electron chi connectivity index (χ2n) is 3.89. The van der Waals surface area contributed by atoms with E-state index in [1.165, 1.54) is 13.3 Å². The zero-order chi connectivity index (χ0) is 14.0. The fourth-order valence-corrected chi connectivity index (χ4v) is 2.44. The van der Waals surface area contributed by atoms with Crippen LogP contribution in [0.1, 0.15) is 15.9 Å². The molecule has 0 spiro atoms. The molecule has 5 nitrogen and oxygen atoms in total. The monoisotopic (exact) mass is 324 g/mol. The van der Waals surface area contributed by atoms with Crippen molar-refractivity contribution in [3.63, 3.8) is 0 Å². The lowest BCUT2D eigenvalue weighted by Gasteiger charge is -2.12. The minimum absolute atomic E-state index is 0.145. The van der Waals surface area contributed by atoms with Crippen LogP contribution in [0.5, 0.6) is 11.5 Å². The molecule has 0 saturated heterocycles. The van der Waals surface area contributed by atoms with Gasteiger partial charge in [-0.25, -0.2) is 0 Å². The van der Waals surface area contributed by atoms with E-state index in [0.29, 0.717) is 27.1 Å². The molecule has 2 rings (SSSR count). The number of carbonyl (C=O) groups excluding carboxylic acids is 1. The standard InChI is InChI=1S/C13H13BrN2O3/c1-16-7-8(6-15-16)12(17)9-4-5-10(18-2)11(14)13(9)19-3/h4-7H,1-3H3. The predicted molar refractivity (Wildman–Crippen MR) is 73.9 cm³/mol. The van der Waals surface area contributed by atoms with Gasteiger partial charge < -0.3 is 9.47 Å². The lowest BCUT2D eigenvalue weighted by molar-refractivity contribution is 0.103. The van der Waals surface area contributed by atoms with E-state index < -0.39 is 0 Å². The molecule has 2 aromatic rings. The lowest BCUT2D eigenvalue weighted by atomic mass is 10.1. The van der Waals surface area contributed by atoms with Gasteiger partial charge >= 0.3 is 0 Å². The van der Waals surface area contributed by atoms with Crippen molar-refractivity contribution in [3.05, 3.63) is 40.1 Å². The van der Waals surface area contributed by atoms with Gasteiger partial charge in [0.15, 0.2) is 5.78 Å². The van der Waals surface area contributed by atoms with Crippen molar-refractivity contribution in [2.45, 2.75) is 0 Å². The number of ether oxygens (including phenoxy) is 2. The maximum Gasteiger partial charge on any atom is 0.199 e. The van der Waals surface area contributed by atoms with E-state index in [2.05, 4.69) is 21.0 Å². The third kappa shape index (κ3) is 2.49. The second kappa shape index (κ2) is 5.44. The number of carbonyl (C=O) groups is 1. The van der Waals surface area contributed by atoms with Crippen LogP contribution in [-0.4, -0.2) is 29.8 Å². The number of rotatable bonds is 4. The van der Waals surface area contributed by atoms with E-state index >= 15 is 0 Å². The van der Waals surface area contributed by atoms with E-state index in [-0.39, 0.29) is 5.78 Å². The summed E-state index contributed by atoms with van der Waals surface area (Å²) in [6, 6.07) is 3.40. The molecule has 19 heavy (non-hydrogen) atoms. The van der Waals surface area contributed by atoms with Crippen LogP contribution in [0.4, 0.5) is 0 Å². The van der Waals surface area contributed by atoms with E-state index in [4.69, 9.17) is 9.47 Å². The molecular formula is C13H13BrN2O3. The Kier molecular flexibility index (Phi) is 3.90. The number of hydrogen-bond donors (Lipinski definition) is 0. The molecule has 0 amide bonds. The highest BCUT2D eigenvalue weighted by molar-refractivity contribution is 9.10. The van der Waals surface area contributed by atoms with Crippen molar-refractivity contribution in [3.8, 4) is 11.5 Å². The summed E-state index contributed by atoms with van der Waals surface area (Å²) >= 11 is 3.38. The number of hydrogen-bond acceptors (Lipinski definition) is 4. The number of benzene rings is 1. The van der Waals surface area contributed by atoms with Gasteiger partial charge in [0.2, 0.25) is 0 Å². The van der Waals surface area contributed by atoms with Crippen LogP contribution >= 0.6 is 15.9 Å². The summed E-state index contributed by atoms with van der Waals surface area (Å²) in [7, 11) is 4.83. The molecule has 0 radical (unpaired) electrons. The highest BCUT2D eigenvalue weighted by atomic mass is 79.9. The molecule has 100 valence electrons. The Morgan fingerprint density at radius 1 is 1.32 bits per heavy atom. The van der Waals surface area contributed by atoms with E-state index in [1.807, 2.05) is 0 Å². The summed E-state index contributed by atoms with van der Waals surface area (Å²) in [6.07, 6.45) is 3.19. The Hall–Kier alpha value is -1.82. The number of aromatic nitrogens is 2. The van der Waals surface area contributed by atoms with E-state index in [1.54, 1.807) is 37.2 Å². The molecule has 0 saturated carbocycles. The van der Waals surface area contributed by atoms with Gasteiger partial charge in [0.05, 0.1) is 31.5 Å². The summed E-state index contributed by atoms with van der Waals surface area (Å²) in [4.78, 5) is 12.4. The largest absolute Gasteiger partial charge is 0.495 e.